The summed E-state index contributed by atoms with van der Waals surface area (Å²) < 4.78 is 7.53. The maximum atomic E-state index is 5.30. The van der Waals surface area contributed by atoms with Gasteiger partial charge < -0.3 is 4.74 Å². The standard InChI is InChI=1S/C14H12N4OS/c1-19-11-7-5-10(6-8-11)18-13(16-17-14(18)20)12-4-2-3-9-15-12/h2-9H,1H3,(H,17,20). The lowest BCUT2D eigenvalue weighted by molar-refractivity contribution is 0.414. The molecule has 0 saturated heterocycles. The van der Waals surface area contributed by atoms with Crippen molar-refractivity contribution in [3.63, 3.8) is 0 Å². The van der Waals surface area contributed by atoms with Crippen molar-refractivity contribution in [2.24, 2.45) is 0 Å². The number of hydrogen-bond donors (Lipinski definition) is 1. The summed E-state index contributed by atoms with van der Waals surface area (Å²) in [6.45, 7) is 0. The Labute approximate surface area is 120 Å². The number of nitrogens with one attached hydrogen (secondary N) is 1. The Morgan fingerprint density at radius 1 is 1.15 bits per heavy atom. The fourth-order valence-electron chi connectivity index (χ4n) is 1.93. The molecule has 0 amide bonds. The average molecular weight is 284 g/mol. The maximum absolute atomic E-state index is 5.30. The Bertz CT molecular complexity index is 762. The van der Waals surface area contributed by atoms with Crippen LogP contribution in [0, 0.1) is 4.77 Å². The Balaban J connectivity index is 2.14. The first-order valence-electron chi connectivity index (χ1n) is 6.03. The summed E-state index contributed by atoms with van der Waals surface area (Å²) in [4.78, 5) is 4.31. The van der Waals surface area contributed by atoms with Gasteiger partial charge in [0.1, 0.15) is 11.4 Å². The minimum absolute atomic E-state index is 0.524. The van der Waals surface area contributed by atoms with E-state index in [-0.39, 0.29) is 0 Å². The van der Waals surface area contributed by atoms with Gasteiger partial charge in [0.15, 0.2) is 10.6 Å². The molecule has 2 aromatic heterocycles. The normalized spacial score (nSPS) is 10.4. The van der Waals surface area contributed by atoms with Crippen LogP contribution in [0.4, 0.5) is 0 Å². The summed E-state index contributed by atoms with van der Waals surface area (Å²) in [5.74, 6) is 1.48. The van der Waals surface area contributed by atoms with Crippen molar-refractivity contribution in [2.75, 3.05) is 7.11 Å². The van der Waals surface area contributed by atoms with Crippen molar-refractivity contribution in [1.82, 2.24) is 19.7 Å². The largest absolute Gasteiger partial charge is 0.497 e. The Morgan fingerprint density at radius 3 is 2.60 bits per heavy atom. The topological polar surface area (TPSA) is 55.7 Å². The van der Waals surface area contributed by atoms with Crippen LogP contribution in [0.15, 0.2) is 48.7 Å². The van der Waals surface area contributed by atoms with Crippen LogP contribution in [0.3, 0.4) is 0 Å². The molecule has 0 unspecified atom stereocenters. The van der Waals surface area contributed by atoms with Gasteiger partial charge in [0.25, 0.3) is 0 Å². The van der Waals surface area contributed by atoms with Gasteiger partial charge in [-0.25, -0.2) is 0 Å². The van der Waals surface area contributed by atoms with Crippen molar-refractivity contribution in [3.8, 4) is 23.0 Å². The van der Waals surface area contributed by atoms with Gasteiger partial charge in [-0.05, 0) is 48.6 Å². The zero-order valence-electron chi connectivity index (χ0n) is 10.8. The molecule has 2 heterocycles. The molecule has 20 heavy (non-hydrogen) atoms. The summed E-state index contributed by atoms with van der Waals surface area (Å²) in [6.07, 6.45) is 1.73. The Kier molecular flexibility index (Phi) is 3.30. The number of H-pyrrole nitrogens is 1. The van der Waals surface area contributed by atoms with Crippen molar-refractivity contribution >= 4 is 12.2 Å². The van der Waals surface area contributed by atoms with Crippen LogP contribution >= 0.6 is 12.2 Å². The predicted molar refractivity (Wildman–Crippen MR) is 78.5 cm³/mol. The summed E-state index contributed by atoms with van der Waals surface area (Å²) >= 11 is 5.30. The zero-order chi connectivity index (χ0) is 13.9. The lowest BCUT2D eigenvalue weighted by Crippen LogP contribution is -1.98. The van der Waals surface area contributed by atoms with E-state index in [1.807, 2.05) is 47.0 Å². The minimum atomic E-state index is 0.524. The molecule has 5 nitrogen and oxygen atoms in total. The summed E-state index contributed by atoms with van der Waals surface area (Å²) in [6, 6.07) is 13.3. The first-order chi connectivity index (χ1) is 9.79. The average Bonchev–Trinajstić information content (AvgIpc) is 2.90. The Hall–Kier alpha value is -2.47. The highest BCUT2D eigenvalue weighted by atomic mass is 32.1. The number of rotatable bonds is 3. The number of nitrogens with zero attached hydrogens (tertiary/aromatic N) is 3. The van der Waals surface area contributed by atoms with Crippen LogP contribution in [0.5, 0.6) is 5.75 Å². The van der Waals surface area contributed by atoms with Crippen LogP contribution in [-0.2, 0) is 0 Å². The molecule has 0 radical (unpaired) electrons. The van der Waals surface area contributed by atoms with E-state index in [9.17, 15) is 0 Å². The van der Waals surface area contributed by atoms with Gasteiger partial charge in [0.2, 0.25) is 0 Å². The molecular weight excluding hydrogens is 272 g/mol. The van der Waals surface area contributed by atoms with E-state index in [0.717, 1.165) is 17.1 Å². The second kappa shape index (κ2) is 5.26. The second-order valence-corrected chi connectivity index (χ2v) is 4.49. The van der Waals surface area contributed by atoms with Gasteiger partial charge in [0, 0.05) is 6.20 Å². The molecule has 0 aliphatic rings. The molecule has 0 aliphatic heterocycles. The van der Waals surface area contributed by atoms with Gasteiger partial charge in [-0.2, -0.15) is 5.10 Å². The van der Waals surface area contributed by atoms with Crippen molar-refractivity contribution in [3.05, 3.63) is 53.4 Å². The van der Waals surface area contributed by atoms with Gasteiger partial charge in [-0.3, -0.25) is 14.6 Å². The molecule has 0 fully saturated rings. The number of pyridine rings is 1. The SMILES string of the molecule is COc1ccc(-n2c(-c3ccccn3)n[nH]c2=S)cc1. The molecule has 0 saturated carbocycles. The molecule has 1 aromatic carbocycles. The first-order valence-corrected chi connectivity index (χ1v) is 6.43. The quantitative estimate of drug-likeness (QED) is 0.751. The van der Waals surface area contributed by atoms with E-state index in [4.69, 9.17) is 17.0 Å². The van der Waals surface area contributed by atoms with Crippen LogP contribution < -0.4 is 4.74 Å². The van der Waals surface area contributed by atoms with Crippen LogP contribution in [0.25, 0.3) is 17.2 Å². The van der Waals surface area contributed by atoms with Gasteiger partial charge in [-0.15, -0.1) is 0 Å². The number of methoxy groups -OCH3 is 1. The molecule has 3 aromatic rings. The van der Waals surface area contributed by atoms with Crippen molar-refractivity contribution < 1.29 is 4.74 Å². The zero-order valence-corrected chi connectivity index (χ0v) is 11.6. The van der Waals surface area contributed by atoms with E-state index in [0.29, 0.717) is 10.6 Å². The van der Waals surface area contributed by atoms with E-state index < -0.39 is 0 Å². The fourth-order valence-corrected chi connectivity index (χ4v) is 2.17. The smallest absolute Gasteiger partial charge is 0.200 e. The third-order valence-corrected chi connectivity index (χ3v) is 3.17. The third-order valence-electron chi connectivity index (χ3n) is 2.90. The molecule has 1 N–H and O–H groups in total. The number of hydrogen-bond acceptors (Lipinski definition) is 4. The van der Waals surface area contributed by atoms with E-state index >= 15 is 0 Å². The van der Waals surface area contributed by atoms with Crippen LogP contribution in [0.2, 0.25) is 0 Å². The molecule has 0 aliphatic carbocycles. The molecule has 0 bridgehead atoms. The molecule has 3 rings (SSSR count). The summed E-state index contributed by atoms with van der Waals surface area (Å²) in [5.41, 5.74) is 1.67. The second-order valence-electron chi connectivity index (χ2n) is 4.10. The third kappa shape index (κ3) is 2.21. The van der Waals surface area contributed by atoms with Gasteiger partial charge in [-0.1, -0.05) is 6.07 Å². The molecule has 6 heteroatoms. The fraction of sp³-hybridized carbons (Fsp3) is 0.0714. The number of aromatic nitrogens is 4. The monoisotopic (exact) mass is 284 g/mol. The highest BCUT2D eigenvalue weighted by Crippen LogP contribution is 2.21. The van der Waals surface area contributed by atoms with Crippen molar-refractivity contribution in [2.45, 2.75) is 0 Å². The number of benzene rings is 1. The summed E-state index contributed by atoms with van der Waals surface area (Å²) in [7, 11) is 1.64. The van der Waals surface area contributed by atoms with Gasteiger partial charge >= 0.3 is 0 Å². The first kappa shape index (κ1) is 12.6. The predicted octanol–water partition coefficient (Wildman–Crippen LogP) is 3.00. The number of ether oxygens (including phenoxy) is 1. The van der Waals surface area contributed by atoms with Crippen molar-refractivity contribution in [1.29, 1.82) is 0 Å². The molecular formula is C14H12N4OS. The highest BCUT2D eigenvalue weighted by molar-refractivity contribution is 7.71. The highest BCUT2D eigenvalue weighted by Gasteiger charge is 2.11. The molecule has 100 valence electrons. The number of aromatic amines is 1. The van der Waals surface area contributed by atoms with E-state index in [2.05, 4.69) is 15.2 Å². The van der Waals surface area contributed by atoms with E-state index in [1.165, 1.54) is 0 Å². The maximum Gasteiger partial charge on any atom is 0.200 e. The van der Waals surface area contributed by atoms with Crippen LogP contribution in [0.1, 0.15) is 0 Å². The minimum Gasteiger partial charge on any atom is -0.497 e. The Morgan fingerprint density at radius 2 is 1.95 bits per heavy atom. The molecule has 0 atom stereocenters. The van der Waals surface area contributed by atoms with Crippen LogP contribution in [-0.4, -0.2) is 26.9 Å². The lowest BCUT2D eigenvalue weighted by Gasteiger charge is -2.07. The molecule has 0 spiro atoms. The lowest BCUT2D eigenvalue weighted by atomic mass is 10.3. The van der Waals surface area contributed by atoms with E-state index in [1.54, 1.807) is 13.3 Å². The van der Waals surface area contributed by atoms with Gasteiger partial charge in [0.05, 0.1) is 12.8 Å². The summed E-state index contributed by atoms with van der Waals surface area (Å²) in [5, 5.41) is 7.06.